The van der Waals surface area contributed by atoms with E-state index in [2.05, 4.69) is 5.32 Å². The van der Waals surface area contributed by atoms with E-state index in [1.807, 2.05) is 32.0 Å². The summed E-state index contributed by atoms with van der Waals surface area (Å²) in [5.74, 6) is -1.26. The number of nitrogens with zero attached hydrogens (tertiary/aromatic N) is 2. The van der Waals surface area contributed by atoms with E-state index in [-0.39, 0.29) is 18.6 Å². The largest absolute Gasteiger partial charge is 0.376 e. The lowest BCUT2D eigenvalue weighted by atomic mass is 10.1. The molecule has 0 saturated carbocycles. The second kappa shape index (κ2) is 9.01. The van der Waals surface area contributed by atoms with Crippen LogP contribution in [-0.2, 0) is 20.9 Å². The van der Waals surface area contributed by atoms with Crippen LogP contribution in [0, 0.1) is 0 Å². The molecule has 1 aliphatic heterocycles. The maximum atomic E-state index is 12.7. The fraction of sp³-hybridized carbons (Fsp3) is 0.476. The summed E-state index contributed by atoms with van der Waals surface area (Å²) in [5, 5.41) is 3.35. The summed E-state index contributed by atoms with van der Waals surface area (Å²) < 4.78 is 7.22. The SMILES string of the molecule is CCN(CC)C(=O)Cn1cc(C(=O)C(=O)NCC2CCCO2)c2ccccc21. The lowest BCUT2D eigenvalue weighted by molar-refractivity contribution is -0.131. The third kappa shape index (κ3) is 4.25. The molecule has 1 aromatic heterocycles. The van der Waals surface area contributed by atoms with E-state index in [4.69, 9.17) is 4.74 Å². The Labute approximate surface area is 164 Å². The van der Waals surface area contributed by atoms with Gasteiger partial charge in [-0.05, 0) is 32.8 Å². The van der Waals surface area contributed by atoms with Gasteiger partial charge in [-0.25, -0.2) is 0 Å². The van der Waals surface area contributed by atoms with Crippen LogP contribution in [-0.4, -0.2) is 59.4 Å². The predicted molar refractivity (Wildman–Crippen MR) is 106 cm³/mol. The van der Waals surface area contributed by atoms with Crippen molar-refractivity contribution in [2.24, 2.45) is 0 Å². The molecule has 1 N–H and O–H groups in total. The van der Waals surface area contributed by atoms with Crippen LogP contribution in [0.4, 0.5) is 0 Å². The average Bonchev–Trinajstić information content (AvgIpc) is 3.35. The van der Waals surface area contributed by atoms with Gasteiger partial charge < -0.3 is 19.5 Å². The number of rotatable bonds is 8. The molecule has 1 unspecified atom stereocenters. The Morgan fingerprint density at radius 3 is 2.64 bits per heavy atom. The lowest BCUT2D eigenvalue weighted by Crippen LogP contribution is -2.36. The molecule has 0 radical (unpaired) electrons. The van der Waals surface area contributed by atoms with Crippen molar-refractivity contribution in [3.63, 3.8) is 0 Å². The molecule has 1 aromatic carbocycles. The molecule has 150 valence electrons. The number of fused-ring (bicyclic) bond motifs is 1. The van der Waals surface area contributed by atoms with Crippen LogP contribution in [0.3, 0.4) is 0 Å². The number of hydrogen-bond acceptors (Lipinski definition) is 4. The molecule has 0 spiro atoms. The maximum absolute atomic E-state index is 12.7. The van der Waals surface area contributed by atoms with Crippen LogP contribution in [0.5, 0.6) is 0 Å². The molecule has 3 rings (SSSR count). The fourth-order valence-electron chi connectivity index (χ4n) is 3.60. The third-order valence-electron chi connectivity index (χ3n) is 5.18. The zero-order valence-corrected chi connectivity index (χ0v) is 16.4. The minimum absolute atomic E-state index is 0.0208. The highest BCUT2D eigenvalue weighted by atomic mass is 16.5. The van der Waals surface area contributed by atoms with Gasteiger partial charge in [0.25, 0.3) is 11.7 Å². The Morgan fingerprint density at radius 2 is 1.96 bits per heavy atom. The first kappa shape index (κ1) is 20.1. The molecule has 2 aromatic rings. The number of carbonyl (C=O) groups excluding carboxylic acids is 3. The molecule has 1 saturated heterocycles. The van der Waals surface area contributed by atoms with E-state index in [0.29, 0.717) is 37.2 Å². The summed E-state index contributed by atoms with van der Waals surface area (Å²) in [4.78, 5) is 39.4. The van der Waals surface area contributed by atoms with E-state index in [0.717, 1.165) is 18.4 Å². The first-order chi connectivity index (χ1) is 13.5. The Balaban J connectivity index is 1.79. The zero-order valence-electron chi connectivity index (χ0n) is 16.4. The number of ether oxygens (including phenoxy) is 1. The van der Waals surface area contributed by atoms with Gasteiger partial charge in [-0.1, -0.05) is 18.2 Å². The number of carbonyl (C=O) groups is 3. The highest BCUT2D eigenvalue weighted by Gasteiger charge is 2.24. The van der Waals surface area contributed by atoms with E-state index >= 15 is 0 Å². The normalized spacial score (nSPS) is 16.3. The highest BCUT2D eigenvalue weighted by Crippen LogP contribution is 2.22. The van der Waals surface area contributed by atoms with E-state index < -0.39 is 11.7 Å². The van der Waals surface area contributed by atoms with E-state index in [1.165, 1.54) is 0 Å². The highest BCUT2D eigenvalue weighted by molar-refractivity contribution is 6.45. The van der Waals surface area contributed by atoms with Crippen molar-refractivity contribution in [3.8, 4) is 0 Å². The van der Waals surface area contributed by atoms with E-state index in [9.17, 15) is 14.4 Å². The van der Waals surface area contributed by atoms with Crippen LogP contribution >= 0.6 is 0 Å². The predicted octanol–water partition coefficient (Wildman–Crippen LogP) is 1.99. The number of likely N-dealkylation sites (N-methyl/N-ethyl adjacent to an activating group) is 1. The van der Waals surface area contributed by atoms with Gasteiger partial charge in [-0.3, -0.25) is 14.4 Å². The van der Waals surface area contributed by atoms with Gasteiger partial charge in [0.2, 0.25) is 5.91 Å². The number of ketones is 1. The van der Waals surface area contributed by atoms with Gasteiger partial charge in [0.1, 0.15) is 6.54 Å². The smallest absolute Gasteiger partial charge is 0.292 e. The van der Waals surface area contributed by atoms with Crippen LogP contribution < -0.4 is 5.32 Å². The van der Waals surface area contributed by atoms with Crippen molar-refractivity contribution in [2.75, 3.05) is 26.2 Å². The minimum Gasteiger partial charge on any atom is -0.376 e. The van der Waals surface area contributed by atoms with Crippen LogP contribution in [0.1, 0.15) is 37.0 Å². The molecule has 7 heteroatoms. The average molecular weight is 385 g/mol. The van der Waals surface area contributed by atoms with Gasteiger partial charge in [0, 0.05) is 43.3 Å². The van der Waals surface area contributed by atoms with Crippen molar-refractivity contribution in [3.05, 3.63) is 36.0 Å². The Morgan fingerprint density at radius 1 is 1.21 bits per heavy atom. The van der Waals surface area contributed by atoms with E-state index in [1.54, 1.807) is 21.7 Å². The summed E-state index contributed by atoms with van der Waals surface area (Å²) in [6.07, 6.45) is 3.45. The van der Waals surface area contributed by atoms with Gasteiger partial charge in [0.15, 0.2) is 0 Å². The molecule has 1 aliphatic rings. The molecule has 7 nitrogen and oxygen atoms in total. The van der Waals surface area contributed by atoms with Crippen LogP contribution in [0.15, 0.2) is 30.5 Å². The van der Waals surface area contributed by atoms with Gasteiger partial charge >= 0.3 is 0 Å². The summed E-state index contributed by atoms with van der Waals surface area (Å²) in [5.41, 5.74) is 1.08. The zero-order chi connectivity index (χ0) is 20.1. The Hall–Kier alpha value is -2.67. The summed E-state index contributed by atoms with van der Waals surface area (Å²) in [6.45, 7) is 6.29. The number of nitrogens with one attached hydrogen (secondary N) is 1. The first-order valence-corrected chi connectivity index (χ1v) is 9.84. The quantitative estimate of drug-likeness (QED) is 0.557. The number of benzene rings is 1. The number of para-hydroxylation sites is 1. The fourth-order valence-corrected chi connectivity index (χ4v) is 3.60. The molecular formula is C21H27N3O4. The van der Waals surface area contributed by atoms with Gasteiger partial charge in [0.05, 0.1) is 11.7 Å². The van der Waals surface area contributed by atoms with Crippen molar-refractivity contribution in [1.82, 2.24) is 14.8 Å². The molecule has 2 amide bonds. The molecule has 1 atom stereocenters. The maximum Gasteiger partial charge on any atom is 0.292 e. The molecule has 1 fully saturated rings. The summed E-state index contributed by atoms with van der Waals surface area (Å²) in [7, 11) is 0. The number of Topliss-reactive ketones (excluding diaryl/α,β-unsaturated/α-hetero) is 1. The Bertz CT molecular complexity index is 864. The number of aromatic nitrogens is 1. The van der Waals surface area contributed by atoms with Crippen molar-refractivity contribution >= 4 is 28.5 Å². The molecule has 0 aliphatic carbocycles. The molecular weight excluding hydrogens is 358 g/mol. The third-order valence-corrected chi connectivity index (χ3v) is 5.18. The topological polar surface area (TPSA) is 80.6 Å². The van der Waals surface area contributed by atoms with Crippen LogP contribution in [0.2, 0.25) is 0 Å². The minimum atomic E-state index is -0.645. The lowest BCUT2D eigenvalue weighted by Gasteiger charge is -2.19. The Kier molecular flexibility index (Phi) is 6.46. The molecule has 28 heavy (non-hydrogen) atoms. The second-order valence-electron chi connectivity index (χ2n) is 6.93. The second-order valence-corrected chi connectivity index (χ2v) is 6.93. The number of hydrogen-bond donors (Lipinski definition) is 1. The molecule has 0 bridgehead atoms. The van der Waals surface area contributed by atoms with Crippen molar-refractivity contribution in [2.45, 2.75) is 39.3 Å². The summed E-state index contributed by atoms with van der Waals surface area (Å²) >= 11 is 0. The van der Waals surface area contributed by atoms with Crippen molar-refractivity contribution in [1.29, 1.82) is 0 Å². The first-order valence-electron chi connectivity index (χ1n) is 9.84. The summed E-state index contributed by atoms with van der Waals surface area (Å²) in [6, 6.07) is 7.33. The number of amides is 2. The standard InChI is InChI=1S/C21H27N3O4/c1-3-23(4-2)19(25)14-24-13-17(16-9-5-6-10-18(16)24)20(26)21(27)22-12-15-8-7-11-28-15/h5-6,9-10,13,15H,3-4,7-8,11-12,14H2,1-2H3,(H,22,27). The van der Waals surface area contributed by atoms with Crippen molar-refractivity contribution < 1.29 is 19.1 Å². The van der Waals surface area contributed by atoms with Crippen LogP contribution in [0.25, 0.3) is 10.9 Å². The van der Waals surface area contributed by atoms with Gasteiger partial charge in [-0.15, -0.1) is 0 Å². The molecule has 2 heterocycles. The monoisotopic (exact) mass is 385 g/mol. The van der Waals surface area contributed by atoms with Gasteiger partial charge in [-0.2, -0.15) is 0 Å².